The van der Waals surface area contributed by atoms with Crippen LogP contribution in [0.5, 0.6) is 0 Å². The van der Waals surface area contributed by atoms with Crippen LogP contribution in [0, 0.1) is 29.4 Å². The summed E-state index contributed by atoms with van der Waals surface area (Å²) >= 11 is 6.74. The number of aromatic nitrogens is 5. The Hall–Kier alpha value is -4.76. The number of rotatable bonds is 10. The lowest BCUT2D eigenvalue weighted by molar-refractivity contribution is -0.142. The lowest BCUT2D eigenvalue weighted by atomic mass is 9.86. The van der Waals surface area contributed by atoms with E-state index in [0.29, 0.717) is 63.2 Å². The van der Waals surface area contributed by atoms with Crippen LogP contribution >= 0.6 is 11.6 Å². The number of carbonyl (C=O) groups is 1. The molecule has 0 amide bonds. The predicted octanol–water partition coefficient (Wildman–Crippen LogP) is 7.55. The zero-order chi connectivity index (χ0) is 43.1. The van der Waals surface area contributed by atoms with Gasteiger partial charge in [-0.05, 0) is 82.9 Å². The summed E-state index contributed by atoms with van der Waals surface area (Å²) in [6.07, 6.45) is -4.42. The number of fused-ring (bicyclic) bond motifs is 4. The van der Waals surface area contributed by atoms with Crippen molar-refractivity contribution in [1.82, 2.24) is 29.9 Å². The second kappa shape index (κ2) is 15.0. The Morgan fingerprint density at radius 2 is 1.85 bits per heavy atom. The van der Waals surface area contributed by atoms with Crippen molar-refractivity contribution >= 4 is 43.7 Å². The van der Waals surface area contributed by atoms with Crippen molar-refractivity contribution in [2.75, 3.05) is 26.0 Å². The fourth-order valence-corrected chi connectivity index (χ4v) is 9.57. The van der Waals surface area contributed by atoms with Gasteiger partial charge in [0.05, 0.1) is 34.3 Å². The van der Waals surface area contributed by atoms with Crippen molar-refractivity contribution in [3.63, 3.8) is 0 Å². The summed E-state index contributed by atoms with van der Waals surface area (Å²) in [5.41, 5.74) is -1.48. The van der Waals surface area contributed by atoms with Crippen LogP contribution in [0.4, 0.5) is 30.7 Å². The summed E-state index contributed by atoms with van der Waals surface area (Å²) in [6.45, 7) is 2.34. The highest BCUT2D eigenvalue weighted by atomic mass is 35.5. The van der Waals surface area contributed by atoms with E-state index in [2.05, 4.69) is 33.2 Å². The van der Waals surface area contributed by atoms with Gasteiger partial charge in [0, 0.05) is 72.8 Å². The van der Waals surface area contributed by atoms with E-state index >= 15 is 8.78 Å². The Morgan fingerprint density at radius 1 is 1.13 bits per heavy atom. The van der Waals surface area contributed by atoms with Gasteiger partial charge in [-0.1, -0.05) is 23.6 Å². The Morgan fingerprint density at radius 3 is 2.52 bits per heavy atom. The number of benzene rings is 2. The van der Waals surface area contributed by atoms with E-state index in [1.54, 1.807) is 42.9 Å². The van der Waals surface area contributed by atoms with Crippen LogP contribution in [0.25, 0.3) is 22.0 Å². The third-order valence-corrected chi connectivity index (χ3v) is 12.3. The number of aryl methyl sites for hydroxylation is 1. The van der Waals surface area contributed by atoms with Crippen molar-refractivity contribution in [1.29, 1.82) is 0 Å². The molecule has 1 saturated carbocycles. The second-order valence-electron chi connectivity index (χ2n) is 16.1. The molecule has 316 valence electrons. The Kier molecular flexibility index (Phi) is 10.5. The van der Waals surface area contributed by atoms with Crippen LogP contribution in [0.2, 0.25) is 5.02 Å². The number of pyridine rings is 1. The van der Waals surface area contributed by atoms with Crippen LogP contribution < -0.4 is 5.32 Å². The SMILES string of the molecule is C=S(C)(=O)Cc1nn(C)c2c(-c3ccc(C#C[C@]4(C)CNCCO4)nc3[C@@H](CC(=O)Cn3nc(C(F)(F)F)c4c3C(F)(F)[C@@H]3C[C@H]43)Cc3cc(F)cc(F)c3)ccc(Cl)c12. The lowest BCUT2D eigenvalue weighted by Crippen LogP contribution is -2.46. The normalized spacial score (nSPS) is 22.1. The first-order valence-electron chi connectivity index (χ1n) is 19.0. The van der Waals surface area contributed by atoms with Crippen LogP contribution in [-0.4, -0.2) is 72.0 Å². The number of ether oxygens (including phenoxy) is 1. The maximum absolute atomic E-state index is 15.5. The molecule has 4 heterocycles. The maximum Gasteiger partial charge on any atom is 0.435 e. The van der Waals surface area contributed by atoms with E-state index in [4.69, 9.17) is 21.3 Å². The first-order valence-corrected chi connectivity index (χ1v) is 21.7. The van der Waals surface area contributed by atoms with E-state index in [-0.39, 0.29) is 35.5 Å². The summed E-state index contributed by atoms with van der Waals surface area (Å²) in [7, 11) is -0.930. The summed E-state index contributed by atoms with van der Waals surface area (Å²) < 4.78 is 124. The molecule has 2 fully saturated rings. The predicted molar refractivity (Wildman–Crippen MR) is 212 cm³/mol. The number of hydrogen-bond acceptors (Lipinski definition) is 7. The topological polar surface area (TPSA) is 104 Å². The third kappa shape index (κ3) is 8.06. The quantitative estimate of drug-likeness (QED) is 0.0879. The highest BCUT2D eigenvalue weighted by Gasteiger charge is 2.68. The molecule has 3 aliphatic rings. The largest absolute Gasteiger partial charge is 0.435 e. The smallest absolute Gasteiger partial charge is 0.360 e. The molecule has 0 bridgehead atoms. The van der Waals surface area contributed by atoms with Crippen molar-refractivity contribution in [3.05, 3.63) is 98.7 Å². The van der Waals surface area contributed by atoms with Gasteiger partial charge in [0.2, 0.25) is 0 Å². The van der Waals surface area contributed by atoms with E-state index in [1.807, 2.05) is 0 Å². The van der Waals surface area contributed by atoms with Crippen LogP contribution in [0.15, 0.2) is 42.5 Å². The number of alkyl halides is 5. The van der Waals surface area contributed by atoms with E-state index in [0.717, 1.165) is 12.1 Å². The van der Waals surface area contributed by atoms with Crippen molar-refractivity contribution in [2.45, 2.75) is 68.0 Å². The van der Waals surface area contributed by atoms with Crippen molar-refractivity contribution in [3.8, 4) is 23.0 Å². The highest BCUT2D eigenvalue weighted by molar-refractivity contribution is 7.98. The molecule has 1 saturated heterocycles. The zero-order valence-corrected chi connectivity index (χ0v) is 34.1. The van der Waals surface area contributed by atoms with Gasteiger partial charge < -0.3 is 10.1 Å². The fourth-order valence-electron chi connectivity index (χ4n) is 8.53. The molecule has 2 aromatic carbocycles. The summed E-state index contributed by atoms with van der Waals surface area (Å²) in [6, 6.07) is 9.47. The second-order valence-corrected chi connectivity index (χ2v) is 19.2. The van der Waals surface area contributed by atoms with Gasteiger partial charge in [-0.25, -0.2) is 13.8 Å². The van der Waals surface area contributed by atoms with Gasteiger partial charge in [-0.15, -0.1) is 0 Å². The van der Waals surface area contributed by atoms with Gasteiger partial charge in [-0.3, -0.25) is 18.4 Å². The fraction of sp³-hybridized carbons (Fsp3) is 0.405. The number of halogens is 8. The van der Waals surface area contributed by atoms with Crippen molar-refractivity contribution in [2.24, 2.45) is 13.0 Å². The Balaban J connectivity index is 1.28. The molecule has 3 aromatic heterocycles. The molecule has 9 nitrogen and oxygen atoms in total. The number of carbonyl (C=O) groups excluding carboxylic acids is 1. The Bertz CT molecular complexity index is 2730. The molecule has 2 aliphatic carbocycles. The minimum atomic E-state index is -5.04. The van der Waals surface area contributed by atoms with E-state index in [1.165, 1.54) is 6.26 Å². The molecular weight excluding hydrogens is 837 g/mol. The van der Waals surface area contributed by atoms with Crippen molar-refractivity contribution < 1.29 is 44.5 Å². The molecule has 0 spiro atoms. The molecule has 60 heavy (non-hydrogen) atoms. The average Bonchev–Trinajstić information content (AvgIpc) is 3.68. The molecule has 1 unspecified atom stereocenters. The molecule has 0 radical (unpaired) electrons. The first kappa shape index (κ1) is 42.0. The first-order chi connectivity index (χ1) is 28.1. The Labute approximate surface area is 345 Å². The van der Waals surface area contributed by atoms with Gasteiger partial charge in [0.1, 0.15) is 35.2 Å². The van der Waals surface area contributed by atoms with Gasteiger partial charge >= 0.3 is 6.18 Å². The summed E-state index contributed by atoms with van der Waals surface area (Å²) in [4.78, 5) is 19.1. The van der Waals surface area contributed by atoms with E-state index in [9.17, 15) is 31.0 Å². The van der Waals surface area contributed by atoms with Crippen LogP contribution in [-0.2, 0) is 56.9 Å². The van der Waals surface area contributed by atoms with Gasteiger partial charge in [0.15, 0.2) is 11.5 Å². The molecule has 5 atom stereocenters. The minimum absolute atomic E-state index is 0.00116. The lowest BCUT2D eigenvalue weighted by Gasteiger charge is -2.29. The average molecular weight is 875 g/mol. The minimum Gasteiger partial charge on any atom is -0.360 e. The molecular formula is C42H38ClF7N6O3S. The molecule has 8 rings (SSSR count). The monoisotopic (exact) mass is 874 g/mol. The number of nitrogens with zero attached hydrogens (tertiary/aromatic N) is 5. The number of nitrogens with one attached hydrogen (secondary N) is 1. The number of ketones is 1. The molecule has 1 N–H and O–H groups in total. The highest BCUT2D eigenvalue weighted by Crippen LogP contribution is 2.68. The summed E-state index contributed by atoms with van der Waals surface area (Å²) in [5.74, 6) is 0.296. The maximum atomic E-state index is 15.5. The zero-order valence-electron chi connectivity index (χ0n) is 32.5. The summed E-state index contributed by atoms with van der Waals surface area (Å²) in [5, 5.41) is 12.1. The van der Waals surface area contributed by atoms with E-state index < -0.39 is 92.3 Å². The standard InChI is InChI=1S/C42H38ClF7N6O3S/c1-40(21-51-11-12-59-40)10-9-26-5-6-28(29-7-8-32(43)35-33(20-60(3,4)58)53-55(2)37(29)35)36(52-26)23(13-22-14-24(44)17-25(45)15-22)16-27(57)19-56-39-34(38(54-56)42(48,49)50)30-18-31(30)41(39,46)47/h5-8,14-15,17,23,30-31,51H,3,11-13,16,18-21H2,1-2,4H3/t23-,30+,31-,40-,60?/m1/s1. The van der Waals surface area contributed by atoms with Gasteiger partial charge in [-0.2, -0.15) is 32.1 Å². The van der Waals surface area contributed by atoms with Crippen LogP contribution in [0.3, 0.4) is 0 Å². The molecule has 18 heteroatoms. The molecule has 1 aliphatic heterocycles. The van der Waals surface area contributed by atoms with Crippen LogP contribution in [0.1, 0.15) is 71.2 Å². The third-order valence-electron chi connectivity index (χ3n) is 11.1. The number of hydrogen-bond donors (Lipinski definition) is 1. The molecule has 5 aromatic rings. The van der Waals surface area contributed by atoms with Gasteiger partial charge in [0.25, 0.3) is 5.92 Å². The number of Topliss-reactive ketones (excluding diaryl/α,β-unsaturated/α-hetero) is 1. The number of morpholine rings is 1.